The van der Waals surface area contributed by atoms with Gasteiger partial charge in [-0.25, -0.2) is 4.39 Å². The van der Waals surface area contributed by atoms with E-state index in [1.165, 1.54) is 11.0 Å². The number of nitrogens with zero attached hydrogens (tertiary/aromatic N) is 2. The van der Waals surface area contributed by atoms with Crippen LogP contribution in [0.3, 0.4) is 0 Å². The summed E-state index contributed by atoms with van der Waals surface area (Å²) in [4.78, 5) is 27.0. The van der Waals surface area contributed by atoms with Gasteiger partial charge in [0.1, 0.15) is 5.82 Å². The van der Waals surface area contributed by atoms with Gasteiger partial charge in [-0.2, -0.15) is 0 Å². The van der Waals surface area contributed by atoms with E-state index in [2.05, 4.69) is 5.32 Å². The van der Waals surface area contributed by atoms with Crippen molar-refractivity contribution in [3.63, 3.8) is 0 Å². The number of likely N-dealkylation sites (N-methyl/N-ethyl adjacent to an activating group) is 1. The van der Waals surface area contributed by atoms with Gasteiger partial charge >= 0.3 is 0 Å². The van der Waals surface area contributed by atoms with Gasteiger partial charge in [0.05, 0.1) is 17.8 Å². The topological polar surface area (TPSA) is 54.3 Å². The number of nitrogens with one attached hydrogen (secondary N) is 1. The Morgan fingerprint density at radius 1 is 1.00 bits per heavy atom. The number of benzene rings is 2. The maximum atomic E-state index is 14.3. The van der Waals surface area contributed by atoms with Crippen LogP contribution in [-0.4, -0.2) is 34.9 Å². The zero-order valence-electron chi connectivity index (χ0n) is 18.8. The zero-order valence-corrected chi connectivity index (χ0v) is 18.8. The quantitative estimate of drug-likeness (QED) is 0.639. The fourth-order valence-electron chi connectivity index (χ4n) is 4.03. The largest absolute Gasteiger partial charge is 0.332 e. The first-order valence-corrected chi connectivity index (χ1v) is 10.2. The van der Waals surface area contributed by atoms with Crippen molar-refractivity contribution in [3.05, 3.63) is 81.9 Å². The van der Waals surface area contributed by atoms with Crippen LogP contribution in [0.4, 0.5) is 10.1 Å². The molecule has 0 atom stereocenters. The SMILES string of the molecule is Cc1cc(C)c(NC(=O)CN(C)C(=O)c2cc(C)n(-c3ccccc3F)c2C)c(C)c1. The number of aryl methyl sites for hydroxylation is 4. The first-order chi connectivity index (χ1) is 14.6. The molecule has 0 saturated heterocycles. The Labute approximate surface area is 182 Å². The van der Waals surface area contributed by atoms with Gasteiger partial charge in [-0.15, -0.1) is 0 Å². The van der Waals surface area contributed by atoms with E-state index in [1.54, 1.807) is 42.8 Å². The smallest absolute Gasteiger partial charge is 0.255 e. The van der Waals surface area contributed by atoms with Gasteiger partial charge in [-0.1, -0.05) is 29.8 Å². The normalized spacial score (nSPS) is 10.8. The molecule has 0 saturated carbocycles. The molecule has 5 nitrogen and oxygen atoms in total. The van der Waals surface area contributed by atoms with Crippen molar-refractivity contribution in [1.29, 1.82) is 0 Å². The van der Waals surface area contributed by atoms with Crippen molar-refractivity contribution in [2.75, 3.05) is 18.9 Å². The van der Waals surface area contributed by atoms with Crippen LogP contribution in [0.25, 0.3) is 5.69 Å². The molecular formula is C25H28FN3O2. The maximum absolute atomic E-state index is 14.3. The first kappa shape index (κ1) is 22.3. The van der Waals surface area contributed by atoms with Crippen LogP contribution in [0.2, 0.25) is 0 Å². The van der Waals surface area contributed by atoms with Crippen LogP contribution in [0, 0.1) is 40.4 Å². The van der Waals surface area contributed by atoms with E-state index < -0.39 is 0 Å². The summed E-state index contributed by atoms with van der Waals surface area (Å²) in [5, 5.41) is 2.92. The molecule has 0 aliphatic heterocycles. The van der Waals surface area contributed by atoms with E-state index in [0.29, 0.717) is 16.9 Å². The summed E-state index contributed by atoms with van der Waals surface area (Å²) in [5.74, 6) is -0.920. The summed E-state index contributed by atoms with van der Waals surface area (Å²) >= 11 is 0. The molecule has 31 heavy (non-hydrogen) atoms. The highest BCUT2D eigenvalue weighted by atomic mass is 19.1. The number of para-hydroxylation sites is 1. The highest BCUT2D eigenvalue weighted by molar-refractivity contribution is 6.00. The molecule has 0 spiro atoms. The zero-order chi connectivity index (χ0) is 22.9. The predicted molar refractivity (Wildman–Crippen MR) is 121 cm³/mol. The Kier molecular flexibility index (Phi) is 6.29. The molecule has 0 fully saturated rings. The number of hydrogen-bond donors (Lipinski definition) is 1. The van der Waals surface area contributed by atoms with Crippen LogP contribution in [-0.2, 0) is 4.79 Å². The molecule has 3 rings (SSSR count). The Hall–Kier alpha value is -3.41. The third-order valence-electron chi connectivity index (χ3n) is 5.42. The molecule has 162 valence electrons. The molecule has 2 amide bonds. The molecule has 0 aliphatic rings. The number of hydrogen-bond acceptors (Lipinski definition) is 2. The van der Waals surface area contributed by atoms with Gasteiger partial charge in [0.2, 0.25) is 5.91 Å². The second-order valence-corrected chi connectivity index (χ2v) is 8.05. The van der Waals surface area contributed by atoms with Crippen LogP contribution >= 0.6 is 0 Å². The molecule has 3 aromatic rings. The molecule has 0 aliphatic carbocycles. The fraction of sp³-hybridized carbons (Fsp3) is 0.280. The van der Waals surface area contributed by atoms with Crippen molar-refractivity contribution in [3.8, 4) is 5.69 Å². The Bertz CT molecular complexity index is 1140. The minimum Gasteiger partial charge on any atom is -0.332 e. The number of amides is 2. The van der Waals surface area contributed by atoms with Crippen molar-refractivity contribution >= 4 is 17.5 Å². The Balaban J connectivity index is 1.79. The summed E-state index contributed by atoms with van der Waals surface area (Å²) < 4.78 is 16.0. The summed E-state index contributed by atoms with van der Waals surface area (Å²) in [5.41, 5.74) is 6.07. The van der Waals surface area contributed by atoms with E-state index in [0.717, 1.165) is 28.1 Å². The number of halogens is 1. The number of rotatable bonds is 5. The molecular weight excluding hydrogens is 393 g/mol. The van der Waals surface area contributed by atoms with Crippen molar-refractivity contribution < 1.29 is 14.0 Å². The Morgan fingerprint density at radius 3 is 2.23 bits per heavy atom. The van der Waals surface area contributed by atoms with E-state index in [4.69, 9.17) is 0 Å². The van der Waals surface area contributed by atoms with Gasteiger partial charge in [-0.3, -0.25) is 9.59 Å². The van der Waals surface area contributed by atoms with Gasteiger partial charge in [-0.05, 0) is 63.9 Å². The lowest BCUT2D eigenvalue weighted by Gasteiger charge is -2.19. The molecule has 1 N–H and O–H groups in total. The van der Waals surface area contributed by atoms with E-state index in [-0.39, 0.29) is 24.2 Å². The highest BCUT2D eigenvalue weighted by Crippen LogP contribution is 2.24. The first-order valence-electron chi connectivity index (χ1n) is 10.2. The molecule has 1 aromatic heterocycles. The predicted octanol–water partition coefficient (Wildman–Crippen LogP) is 4.87. The van der Waals surface area contributed by atoms with Crippen molar-refractivity contribution in [1.82, 2.24) is 9.47 Å². The number of carbonyl (C=O) groups excluding carboxylic acids is 2. The second-order valence-electron chi connectivity index (χ2n) is 8.05. The minimum atomic E-state index is -0.361. The standard InChI is InChI=1S/C25H28FN3O2/c1-15-11-16(2)24(17(3)12-15)27-23(30)14-28(6)25(31)20-13-18(4)29(19(20)5)22-10-8-7-9-21(22)26/h7-13H,14H2,1-6H3,(H,27,30). The summed E-state index contributed by atoms with van der Waals surface area (Å²) in [6, 6.07) is 12.2. The van der Waals surface area contributed by atoms with E-state index in [1.807, 2.05) is 39.8 Å². The second kappa shape index (κ2) is 8.76. The molecule has 0 unspecified atom stereocenters. The van der Waals surface area contributed by atoms with Crippen LogP contribution in [0.5, 0.6) is 0 Å². The van der Waals surface area contributed by atoms with Crippen molar-refractivity contribution in [2.24, 2.45) is 0 Å². The van der Waals surface area contributed by atoms with Gasteiger partial charge < -0.3 is 14.8 Å². The lowest BCUT2D eigenvalue weighted by Crippen LogP contribution is -2.35. The van der Waals surface area contributed by atoms with E-state index >= 15 is 0 Å². The van der Waals surface area contributed by atoms with Crippen LogP contribution in [0.15, 0.2) is 42.5 Å². The number of carbonyl (C=O) groups is 2. The van der Waals surface area contributed by atoms with Crippen molar-refractivity contribution in [2.45, 2.75) is 34.6 Å². The molecule has 2 aromatic carbocycles. The molecule has 1 heterocycles. The number of aromatic nitrogens is 1. The van der Waals surface area contributed by atoms with Gasteiger partial charge in [0, 0.05) is 24.1 Å². The average molecular weight is 422 g/mol. The van der Waals surface area contributed by atoms with Crippen LogP contribution in [0.1, 0.15) is 38.4 Å². The lowest BCUT2D eigenvalue weighted by molar-refractivity contribution is -0.116. The lowest BCUT2D eigenvalue weighted by atomic mass is 10.1. The minimum absolute atomic E-state index is 0.0883. The van der Waals surface area contributed by atoms with E-state index in [9.17, 15) is 14.0 Å². The average Bonchev–Trinajstić information content (AvgIpc) is 2.98. The molecule has 0 bridgehead atoms. The monoisotopic (exact) mass is 421 g/mol. The highest BCUT2D eigenvalue weighted by Gasteiger charge is 2.22. The van der Waals surface area contributed by atoms with Gasteiger partial charge in [0.25, 0.3) is 5.91 Å². The summed E-state index contributed by atoms with van der Waals surface area (Å²) in [6.07, 6.45) is 0. The third kappa shape index (κ3) is 4.53. The Morgan fingerprint density at radius 2 is 1.61 bits per heavy atom. The summed E-state index contributed by atoms with van der Waals surface area (Å²) in [7, 11) is 1.59. The fourth-order valence-corrected chi connectivity index (χ4v) is 4.03. The third-order valence-corrected chi connectivity index (χ3v) is 5.42. The van der Waals surface area contributed by atoms with Gasteiger partial charge in [0.15, 0.2) is 0 Å². The summed E-state index contributed by atoms with van der Waals surface area (Å²) in [6.45, 7) is 9.42. The van der Waals surface area contributed by atoms with Crippen LogP contribution < -0.4 is 5.32 Å². The maximum Gasteiger partial charge on any atom is 0.255 e. The molecule has 0 radical (unpaired) electrons. The molecule has 6 heteroatoms. The number of anilines is 1.